The van der Waals surface area contributed by atoms with Gasteiger partial charge in [0, 0.05) is 31.9 Å². The molecule has 0 aliphatic heterocycles. The summed E-state index contributed by atoms with van der Waals surface area (Å²) in [6.07, 6.45) is 4.25. The van der Waals surface area contributed by atoms with Gasteiger partial charge in [-0.25, -0.2) is 4.68 Å². The van der Waals surface area contributed by atoms with Crippen LogP contribution < -0.4 is 5.32 Å². The van der Waals surface area contributed by atoms with E-state index >= 15 is 0 Å². The van der Waals surface area contributed by atoms with Gasteiger partial charge in [0.25, 0.3) is 0 Å². The third-order valence-corrected chi connectivity index (χ3v) is 3.21. The van der Waals surface area contributed by atoms with Crippen LogP contribution in [0.25, 0.3) is 0 Å². The standard InChI is InChI=1S/C14H19N5O2/c1-10(2)12-13(19(20)21)14(18(3)17-12)16-8-6-11-5-4-7-15-9-11/h4-5,7,9-10,16H,6,8H2,1-3H3. The van der Waals surface area contributed by atoms with Gasteiger partial charge in [0.1, 0.15) is 5.69 Å². The first-order valence-corrected chi connectivity index (χ1v) is 6.84. The lowest BCUT2D eigenvalue weighted by atomic mass is 10.1. The van der Waals surface area contributed by atoms with Crippen LogP contribution in [0.1, 0.15) is 31.0 Å². The zero-order chi connectivity index (χ0) is 15.4. The van der Waals surface area contributed by atoms with Crippen molar-refractivity contribution in [2.45, 2.75) is 26.2 Å². The quantitative estimate of drug-likeness (QED) is 0.652. The highest BCUT2D eigenvalue weighted by molar-refractivity contribution is 5.60. The monoisotopic (exact) mass is 289 g/mol. The number of anilines is 1. The van der Waals surface area contributed by atoms with Crippen LogP contribution in [0, 0.1) is 10.1 Å². The van der Waals surface area contributed by atoms with Gasteiger partial charge in [0.15, 0.2) is 0 Å². The highest BCUT2D eigenvalue weighted by atomic mass is 16.6. The Bertz CT molecular complexity index is 622. The van der Waals surface area contributed by atoms with Crippen molar-refractivity contribution in [3.8, 4) is 0 Å². The topological polar surface area (TPSA) is 85.9 Å². The van der Waals surface area contributed by atoms with Crippen molar-refractivity contribution in [2.24, 2.45) is 7.05 Å². The Hall–Kier alpha value is -2.44. The van der Waals surface area contributed by atoms with Crippen molar-refractivity contribution < 1.29 is 4.92 Å². The molecule has 0 spiro atoms. The van der Waals surface area contributed by atoms with Crippen molar-refractivity contribution in [3.05, 3.63) is 45.9 Å². The average Bonchev–Trinajstić information content (AvgIpc) is 2.78. The van der Waals surface area contributed by atoms with E-state index in [0.717, 1.165) is 12.0 Å². The zero-order valence-corrected chi connectivity index (χ0v) is 12.4. The maximum absolute atomic E-state index is 11.3. The minimum absolute atomic E-state index is 0.00507. The predicted molar refractivity (Wildman–Crippen MR) is 80.4 cm³/mol. The molecule has 2 heterocycles. The number of nitrogens with one attached hydrogen (secondary N) is 1. The molecule has 7 nitrogen and oxygen atoms in total. The predicted octanol–water partition coefficient (Wildman–Crippen LogP) is 2.50. The lowest BCUT2D eigenvalue weighted by Gasteiger charge is -2.06. The van der Waals surface area contributed by atoms with Crippen LogP contribution in [0.3, 0.4) is 0 Å². The van der Waals surface area contributed by atoms with Gasteiger partial charge in [-0.15, -0.1) is 0 Å². The fourth-order valence-corrected chi connectivity index (χ4v) is 2.17. The Morgan fingerprint density at radius 2 is 2.24 bits per heavy atom. The fourth-order valence-electron chi connectivity index (χ4n) is 2.17. The van der Waals surface area contributed by atoms with Crippen LogP contribution in [-0.2, 0) is 13.5 Å². The summed E-state index contributed by atoms with van der Waals surface area (Å²) in [4.78, 5) is 15.0. The van der Waals surface area contributed by atoms with Crippen molar-refractivity contribution in [1.29, 1.82) is 0 Å². The smallest absolute Gasteiger partial charge is 0.334 e. The minimum Gasteiger partial charge on any atom is -0.364 e. The Labute approximate surface area is 123 Å². The molecule has 1 N–H and O–H groups in total. The molecular formula is C14H19N5O2. The van der Waals surface area contributed by atoms with Gasteiger partial charge in [-0.3, -0.25) is 15.1 Å². The van der Waals surface area contributed by atoms with Crippen LogP contribution in [0.5, 0.6) is 0 Å². The molecule has 0 amide bonds. The molecule has 2 rings (SSSR count). The molecule has 0 aromatic carbocycles. The molecule has 2 aromatic rings. The molecule has 7 heteroatoms. The summed E-state index contributed by atoms with van der Waals surface area (Å²) >= 11 is 0. The fraction of sp³-hybridized carbons (Fsp3) is 0.429. The van der Waals surface area contributed by atoms with E-state index < -0.39 is 0 Å². The Kier molecular flexibility index (Phi) is 4.52. The van der Waals surface area contributed by atoms with Gasteiger partial charge in [0.2, 0.25) is 5.82 Å². The SMILES string of the molecule is CC(C)c1nn(C)c(NCCc2cccnc2)c1[N+](=O)[O-]. The summed E-state index contributed by atoms with van der Waals surface area (Å²) in [5.41, 5.74) is 1.66. The number of pyridine rings is 1. The largest absolute Gasteiger partial charge is 0.364 e. The molecule has 0 aliphatic carbocycles. The van der Waals surface area contributed by atoms with Gasteiger partial charge >= 0.3 is 5.69 Å². The summed E-state index contributed by atoms with van der Waals surface area (Å²) < 4.78 is 1.54. The van der Waals surface area contributed by atoms with Crippen molar-refractivity contribution in [2.75, 3.05) is 11.9 Å². The van der Waals surface area contributed by atoms with Gasteiger partial charge in [-0.2, -0.15) is 5.10 Å². The average molecular weight is 289 g/mol. The molecule has 0 saturated carbocycles. The Balaban J connectivity index is 2.14. The Morgan fingerprint density at radius 3 is 2.81 bits per heavy atom. The second kappa shape index (κ2) is 6.34. The van der Waals surface area contributed by atoms with E-state index in [1.165, 1.54) is 4.68 Å². The molecule has 0 fully saturated rings. The van der Waals surface area contributed by atoms with E-state index in [1.54, 1.807) is 19.4 Å². The number of hydrogen-bond acceptors (Lipinski definition) is 5. The zero-order valence-electron chi connectivity index (χ0n) is 12.4. The first kappa shape index (κ1) is 15.0. The number of hydrogen-bond donors (Lipinski definition) is 1. The first-order chi connectivity index (χ1) is 10.0. The van der Waals surface area contributed by atoms with E-state index in [1.807, 2.05) is 26.0 Å². The number of rotatable bonds is 6. The van der Waals surface area contributed by atoms with Crippen molar-refractivity contribution >= 4 is 11.5 Å². The molecule has 21 heavy (non-hydrogen) atoms. The summed E-state index contributed by atoms with van der Waals surface area (Å²) in [5.74, 6) is 0.457. The van der Waals surface area contributed by atoms with Crippen LogP contribution in [-0.4, -0.2) is 26.2 Å². The van der Waals surface area contributed by atoms with Crippen LogP contribution in [0.4, 0.5) is 11.5 Å². The molecular weight excluding hydrogens is 270 g/mol. The van der Waals surface area contributed by atoms with Crippen LogP contribution in [0.15, 0.2) is 24.5 Å². The summed E-state index contributed by atoms with van der Waals surface area (Å²) in [7, 11) is 1.71. The van der Waals surface area contributed by atoms with Gasteiger partial charge in [0.05, 0.1) is 4.92 Å². The molecule has 2 aromatic heterocycles. The second-order valence-corrected chi connectivity index (χ2v) is 5.16. The summed E-state index contributed by atoms with van der Waals surface area (Å²) in [5, 5.41) is 18.7. The van der Waals surface area contributed by atoms with Crippen molar-refractivity contribution in [1.82, 2.24) is 14.8 Å². The molecule has 0 saturated heterocycles. The highest BCUT2D eigenvalue weighted by Gasteiger charge is 2.28. The van der Waals surface area contributed by atoms with Gasteiger partial charge < -0.3 is 5.32 Å². The first-order valence-electron chi connectivity index (χ1n) is 6.84. The van der Waals surface area contributed by atoms with E-state index in [2.05, 4.69) is 15.4 Å². The third-order valence-electron chi connectivity index (χ3n) is 3.21. The number of aryl methyl sites for hydroxylation is 1. The number of nitro groups is 1. The van der Waals surface area contributed by atoms with Crippen molar-refractivity contribution in [3.63, 3.8) is 0 Å². The van der Waals surface area contributed by atoms with E-state index in [9.17, 15) is 10.1 Å². The molecule has 112 valence electrons. The van der Waals surface area contributed by atoms with Gasteiger partial charge in [-0.1, -0.05) is 19.9 Å². The molecule has 0 unspecified atom stereocenters. The lowest BCUT2D eigenvalue weighted by molar-refractivity contribution is -0.384. The minimum atomic E-state index is -0.366. The maximum atomic E-state index is 11.3. The normalized spacial score (nSPS) is 10.9. The van der Waals surface area contributed by atoms with E-state index in [-0.39, 0.29) is 16.5 Å². The van der Waals surface area contributed by atoms with E-state index in [4.69, 9.17) is 0 Å². The molecule has 0 aliphatic rings. The maximum Gasteiger partial charge on any atom is 0.334 e. The molecule has 0 atom stereocenters. The molecule has 0 bridgehead atoms. The van der Waals surface area contributed by atoms with E-state index in [0.29, 0.717) is 18.1 Å². The second-order valence-electron chi connectivity index (χ2n) is 5.16. The van der Waals surface area contributed by atoms with Gasteiger partial charge in [-0.05, 0) is 18.1 Å². The summed E-state index contributed by atoms with van der Waals surface area (Å²) in [6, 6.07) is 3.85. The van der Waals surface area contributed by atoms with Crippen LogP contribution >= 0.6 is 0 Å². The Morgan fingerprint density at radius 1 is 1.48 bits per heavy atom. The summed E-state index contributed by atoms with van der Waals surface area (Å²) in [6.45, 7) is 4.38. The lowest BCUT2D eigenvalue weighted by Crippen LogP contribution is -2.10. The third kappa shape index (κ3) is 3.36. The highest BCUT2D eigenvalue weighted by Crippen LogP contribution is 2.32. The van der Waals surface area contributed by atoms with Crippen LogP contribution in [0.2, 0.25) is 0 Å². The number of aromatic nitrogens is 3. The molecule has 0 radical (unpaired) electrons. The number of nitrogens with zero attached hydrogens (tertiary/aromatic N) is 4.